The van der Waals surface area contributed by atoms with Gasteiger partial charge >= 0.3 is 0 Å². The van der Waals surface area contributed by atoms with E-state index in [0.717, 1.165) is 42.9 Å². The van der Waals surface area contributed by atoms with E-state index in [1.54, 1.807) is 4.90 Å². The molecule has 0 atom stereocenters. The van der Waals surface area contributed by atoms with Crippen LogP contribution >= 0.6 is 0 Å². The summed E-state index contributed by atoms with van der Waals surface area (Å²) in [6.07, 6.45) is 5.78. The number of hydrogen-bond donors (Lipinski definition) is 0. The van der Waals surface area contributed by atoms with Crippen LogP contribution in [0.3, 0.4) is 0 Å². The monoisotopic (exact) mass is 338 g/mol. The van der Waals surface area contributed by atoms with Gasteiger partial charge in [-0.1, -0.05) is 24.3 Å². The summed E-state index contributed by atoms with van der Waals surface area (Å²) < 4.78 is 0. The molecule has 1 aliphatic rings. The average Bonchev–Trinajstić information content (AvgIpc) is 2.63. The predicted octanol–water partition coefficient (Wildman–Crippen LogP) is 2.72. The number of likely N-dealkylation sites (N-methyl/N-ethyl adjacent to an activating group) is 1. The molecule has 0 saturated carbocycles. The largest absolute Gasteiger partial charge is 0.348 e. The fourth-order valence-electron chi connectivity index (χ4n) is 3.29. The number of amides is 1. The van der Waals surface area contributed by atoms with Crippen LogP contribution in [-0.4, -0.2) is 59.4 Å². The van der Waals surface area contributed by atoms with Crippen LogP contribution in [0.2, 0.25) is 0 Å². The Bertz CT molecular complexity index is 736. The van der Waals surface area contributed by atoms with Gasteiger partial charge in [-0.05, 0) is 38.4 Å². The molecule has 1 amide bonds. The molecule has 5 nitrogen and oxygen atoms in total. The van der Waals surface area contributed by atoms with Crippen LogP contribution in [0.15, 0.2) is 36.7 Å². The van der Waals surface area contributed by atoms with Crippen molar-refractivity contribution < 1.29 is 4.79 Å². The Labute approximate surface area is 149 Å². The summed E-state index contributed by atoms with van der Waals surface area (Å²) >= 11 is 0. The third-order valence-electron chi connectivity index (χ3n) is 4.94. The summed E-state index contributed by atoms with van der Waals surface area (Å²) in [6, 6.07) is 8.28. The first-order chi connectivity index (χ1) is 12.0. The maximum absolute atomic E-state index is 11.9. The van der Waals surface area contributed by atoms with Gasteiger partial charge in [0.1, 0.15) is 0 Å². The van der Waals surface area contributed by atoms with E-state index in [0.29, 0.717) is 12.5 Å². The maximum atomic E-state index is 11.9. The highest BCUT2D eigenvalue weighted by Crippen LogP contribution is 2.28. The number of aryl methyl sites for hydroxylation is 1. The number of carbonyl (C=O) groups excluding carboxylic acids is 1. The third-order valence-corrected chi connectivity index (χ3v) is 4.94. The minimum atomic E-state index is 0.166. The zero-order valence-corrected chi connectivity index (χ0v) is 15.3. The Morgan fingerprint density at radius 2 is 1.92 bits per heavy atom. The molecule has 5 heteroatoms. The highest BCUT2D eigenvalue weighted by molar-refractivity contribution is 5.77. The van der Waals surface area contributed by atoms with E-state index in [9.17, 15) is 4.79 Å². The molecule has 0 radical (unpaired) electrons. The maximum Gasteiger partial charge on any atom is 0.236 e. The van der Waals surface area contributed by atoms with E-state index >= 15 is 0 Å². The van der Waals surface area contributed by atoms with Gasteiger partial charge in [-0.3, -0.25) is 14.7 Å². The molecular weight excluding hydrogens is 312 g/mol. The second kappa shape index (κ2) is 7.74. The first-order valence-corrected chi connectivity index (χ1v) is 8.85. The fourth-order valence-corrected chi connectivity index (χ4v) is 3.29. The lowest BCUT2D eigenvalue weighted by atomic mass is 9.93. The number of benzene rings is 1. The molecule has 3 rings (SSSR count). The fraction of sp³-hybridized carbons (Fsp3) is 0.450. The Hall–Kier alpha value is -2.27. The van der Waals surface area contributed by atoms with Gasteiger partial charge in [0, 0.05) is 31.8 Å². The lowest BCUT2D eigenvalue weighted by Gasteiger charge is -2.31. The van der Waals surface area contributed by atoms with E-state index < -0.39 is 0 Å². The van der Waals surface area contributed by atoms with Crippen molar-refractivity contribution in [1.29, 1.82) is 0 Å². The van der Waals surface area contributed by atoms with Crippen molar-refractivity contribution in [2.24, 2.45) is 0 Å². The molecule has 0 unspecified atom stereocenters. The van der Waals surface area contributed by atoms with Crippen LogP contribution in [0.4, 0.5) is 0 Å². The molecule has 1 aromatic carbocycles. The molecule has 0 aliphatic carbocycles. The Kier molecular flexibility index (Phi) is 5.43. The predicted molar refractivity (Wildman–Crippen MR) is 99.3 cm³/mol. The van der Waals surface area contributed by atoms with Crippen molar-refractivity contribution in [3.8, 4) is 11.3 Å². The van der Waals surface area contributed by atoms with Gasteiger partial charge in [0.25, 0.3) is 0 Å². The lowest BCUT2D eigenvalue weighted by molar-refractivity contribution is -0.130. The molecule has 0 N–H and O–H groups in total. The van der Waals surface area contributed by atoms with Crippen molar-refractivity contribution in [2.45, 2.75) is 25.7 Å². The lowest BCUT2D eigenvalue weighted by Crippen LogP contribution is -2.40. The van der Waals surface area contributed by atoms with Gasteiger partial charge in [0.05, 0.1) is 24.1 Å². The van der Waals surface area contributed by atoms with Crippen LogP contribution in [0.1, 0.15) is 30.0 Å². The molecule has 2 aromatic rings. The third kappa shape index (κ3) is 4.23. The summed E-state index contributed by atoms with van der Waals surface area (Å²) in [4.78, 5) is 25.1. The molecule has 1 saturated heterocycles. The summed E-state index contributed by atoms with van der Waals surface area (Å²) in [5, 5.41) is 0. The van der Waals surface area contributed by atoms with Crippen LogP contribution < -0.4 is 0 Å². The van der Waals surface area contributed by atoms with E-state index in [2.05, 4.69) is 28.9 Å². The van der Waals surface area contributed by atoms with Gasteiger partial charge in [-0.15, -0.1) is 0 Å². The van der Waals surface area contributed by atoms with E-state index in [4.69, 9.17) is 4.98 Å². The van der Waals surface area contributed by atoms with E-state index in [1.807, 2.05) is 38.6 Å². The number of rotatable bonds is 4. The van der Waals surface area contributed by atoms with Crippen molar-refractivity contribution in [2.75, 3.05) is 33.7 Å². The van der Waals surface area contributed by atoms with E-state index in [-0.39, 0.29) is 5.91 Å². The normalized spacial score (nSPS) is 16.0. The highest BCUT2D eigenvalue weighted by Gasteiger charge is 2.24. The number of carbonyl (C=O) groups is 1. The summed E-state index contributed by atoms with van der Waals surface area (Å²) in [6.45, 7) is 4.47. The van der Waals surface area contributed by atoms with Crippen LogP contribution in [0, 0.1) is 6.92 Å². The summed E-state index contributed by atoms with van der Waals surface area (Å²) in [7, 11) is 3.61. The van der Waals surface area contributed by atoms with Gasteiger partial charge in [-0.25, -0.2) is 4.98 Å². The standard InChI is InChI=1S/C20H26N4O/c1-15-6-4-5-7-17(15)19-13-21-12-18(22-19)16-8-10-24(11-9-16)14-20(25)23(2)3/h4-7,12-13,16H,8-11,14H2,1-3H3. The van der Waals surface area contributed by atoms with Crippen molar-refractivity contribution in [3.63, 3.8) is 0 Å². The van der Waals surface area contributed by atoms with Gasteiger partial charge in [0.15, 0.2) is 0 Å². The van der Waals surface area contributed by atoms with Crippen LogP contribution in [0.25, 0.3) is 11.3 Å². The molecule has 0 spiro atoms. The molecule has 1 aromatic heterocycles. The van der Waals surface area contributed by atoms with Crippen LogP contribution in [0.5, 0.6) is 0 Å². The Morgan fingerprint density at radius 1 is 1.20 bits per heavy atom. The summed E-state index contributed by atoms with van der Waals surface area (Å²) in [5.41, 5.74) is 4.37. The van der Waals surface area contributed by atoms with Crippen molar-refractivity contribution in [1.82, 2.24) is 19.8 Å². The Balaban J connectivity index is 1.67. The second-order valence-corrected chi connectivity index (χ2v) is 6.98. The van der Waals surface area contributed by atoms with E-state index in [1.165, 1.54) is 5.56 Å². The number of hydrogen-bond acceptors (Lipinski definition) is 4. The topological polar surface area (TPSA) is 49.3 Å². The smallest absolute Gasteiger partial charge is 0.236 e. The molecule has 1 fully saturated rings. The minimum Gasteiger partial charge on any atom is -0.348 e. The zero-order valence-electron chi connectivity index (χ0n) is 15.3. The Morgan fingerprint density at radius 3 is 2.60 bits per heavy atom. The second-order valence-electron chi connectivity index (χ2n) is 6.98. The molecular formula is C20H26N4O. The molecule has 2 heterocycles. The molecule has 1 aliphatic heterocycles. The highest BCUT2D eigenvalue weighted by atomic mass is 16.2. The van der Waals surface area contributed by atoms with Gasteiger partial charge in [-0.2, -0.15) is 0 Å². The van der Waals surface area contributed by atoms with Gasteiger partial charge < -0.3 is 4.90 Å². The average molecular weight is 338 g/mol. The first kappa shape index (κ1) is 17.5. The zero-order chi connectivity index (χ0) is 17.8. The van der Waals surface area contributed by atoms with Crippen LogP contribution in [-0.2, 0) is 4.79 Å². The molecule has 132 valence electrons. The SMILES string of the molecule is Cc1ccccc1-c1cncc(C2CCN(CC(=O)N(C)C)CC2)n1. The first-order valence-electron chi connectivity index (χ1n) is 8.85. The van der Waals surface area contributed by atoms with Gasteiger partial charge in [0.2, 0.25) is 5.91 Å². The molecule has 25 heavy (non-hydrogen) atoms. The van der Waals surface area contributed by atoms with Crippen molar-refractivity contribution in [3.05, 3.63) is 47.9 Å². The number of aromatic nitrogens is 2. The number of nitrogens with zero attached hydrogens (tertiary/aromatic N) is 4. The molecule has 0 bridgehead atoms. The summed E-state index contributed by atoms with van der Waals surface area (Å²) in [5.74, 6) is 0.585. The minimum absolute atomic E-state index is 0.166. The number of likely N-dealkylation sites (tertiary alicyclic amines) is 1. The van der Waals surface area contributed by atoms with Crippen molar-refractivity contribution >= 4 is 5.91 Å². The number of piperidine rings is 1. The quantitative estimate of drug-likeness (QED) is 0.860.